The molecule has 0 aromatic heterocycles. The largest absolute Gasteiger partial charge is 0.489 e. The Balaban J connectivity index is 1.56. The number of thioether (sulfide) groups is 1. The van der Waals surface area contributed by atoms with E-state index in [9.17, 15) is 0 Å². The molecule has 0 aliphatic carbocycles. The maximum Gasteiger partial charge on any atom is 0.120 e. The average molecular weight is 376 g/mol. The van der Waals surface area contributed by atoms with Crippen molar-refractivity contribution < 1.29 is 4.74 Å². The van der Waals surface area contributed by atoms with Gasteiger partial charge < -0.3 is 9.64 Å². The number of ether oxygens (including phenoxy) is 1. The van der Waals surface area contributed by atoms with Crippen LogP contribution in [-0.4, -0.2) is 24.7 Å². The summed E-state index contributed by atoms with van der Waals surface area (Å²) < 4.78 is 6.04. The van der Waals surface area contributed by atoms with Crippen molar-refractivity contribution >= 4 is 11.8 Å². The highest BCUT2D eigenvalue weighted by Gasteiger charge is 2.25. The predicted molar refractivity (Wildman–Crippen MR) is 114 cm³/mol. The molecule has 0 saturated heterocycles. The third-order valence-electron chi connectivity index (χ3n) is 5.19. The zero-order chi connectivity index (χ0) is 18.6. The first-order chi connectivity index (χ1) is 13.2. The van der Waals surface area contributed by atoms with Crippen molar-refractivity contribution in [2.45, 2.75) is 24.0 Å². The second-order valence-electron chi connectivity index (χ2n) is 7.16. The van der Waals surface area contributed by atoms with Gasteiger partial charge in [0.2, 0.25) is 0 Å². The van der Waals surface area contributed by atoms with Crippen LogP contribution in [0, 0.1) is 0 Å². The van der Waals surface area contributed by atoms with Crippen LogP contribution in [0.25, 0.3) is 0 Å². The number of nitrogens with zero attached hydrogens (tertiary/aromatic N) is 1. The van der Waals surface area contributed by atoms with Gasteiger partial charge in [-0.25, -0.2) is 0 Å². The summed E-state index contributed by atoms with van der Waals surface area (Å²) in [4.78, 5) is 3.71. The standard InChI is InChI=1S/C24H25NOS/c1-25-15-20-14-21(26-17-18-6-4-3-5-7-18)10-13-23(20)24(16-25)19-8-11-22(27-2)12-9-19/h3-14,24H,15-17H2,1-2H3/t24-/m0/s1. The molecular formula is C24H25NOS. The second kappa shape index (κ2) is 8.20. The second-order valence-corrected chi connectivity index (χ2v) is 8.04. The Hall–Kier alpha value is -2.23. The highest BCUT2D eigenvalue weighted by atomic mass is 32.2. The summed E-state index contributed by atoms with van der Waals surface area (Å²) in [5, 5.41) is 0. The van der Waals surface area contributed by atoms with Crippen molar-refractivity contribution in [3.05, 3.63) is 95.1 Å². The Labute approximate surface area is 166 Å². The monoisotopic (exact) mass is 375 g/mol. The molecule has 3 heteroatoms. The van der Waals surface area contributed by atoms with Crippen LogP contribution in [0.4, 0.5) is 0 Å². The number of hydrogen-bond acceptors (Lipinski definition) is 3. The van der Waals surface area contributed by atoms with E-state index < -0.39 is 0 Å². The van der Waals surface area contributed by atoms with Crippen LogP contribution < -0.4 is 4.74 Å². The Bertz CT molecular complexity index is 892. The number of benzene rings is 3. The average Bonchev–Trinajstić information content (AvgIpc) is 2.72. The molecule has 3 aromatic rings. The topological polar surface area (TPSA) is 12.5 Å². The van der Waals surface area contributed by atoms with E-state index in [4.69, 9.17) is 4.74 Å². The first-order valence-corrected chi connectivity index (χ1v) is 10.6. The summed E-state index contributed by atoms with van der Waals surface area (Å²) in [6.45, 7) is 2.63. The molecule has 27 heavy (non-hydrogen) atoms. The summed E-state index contributed by atoms with van der Waals surface area (Å²) in [6.07, 6.45) is 2.12. The number of hydrogen-bond donors (Lipinski definition) is 0. The molecule has 0 unspecified atom stereocenters. The molecule has 0 saturated carbocycles. The summed E-state index contributed by atoms with van der Waals surface area (Å²) >= 11 is 1.79. The molecule has 0 radical (unpaired) electrons. The lowest BCUT2D eigenvalue weighted by atomic mass is 9.85. The van der Waals surface area contributed by atoms with Gasteiger partial charge in [-0.05, 0) is 59.8 Å². The summed E-state index contributed by atoms with van der Waals surface area (Å²) in [6, 6.07) is 25.9. The first kappa shape index (κ1) is 18.1. The first-order valence-electron chi connectivity index (χ1n) is 9.35. The third-order valence-corrected chi connectivity index (χ3v) is 5.93. The molecule has 1 aliphatic rings. The van der Waals surface area contributed by atoms with Gasteiger partial charge in [-0.3, -0.25) is 0 Å². The van der Waals surface area contributed by atoms with E-state index in [1.165, 1.54) is 27.1 Å². The molecule has 1 atom stereocenters. The van der Waals surface area contributed by atoms with E-state index in [-0.39, 0.29) is 0 Å². The molecule has 3 aromatic carbocycles. The van der Waals surface area contributed by atoms with Crippen molar-refractivity contribution in [3.63, 3.8) is 0 Å². The minimum atomic E-state index is 0.415. The maximum atomic E-state index is 6.04. The van der Waals surface area contributed by atoms with Crippen molar-refractivity contribution in [1.82, 2.24) is 4.90 Å². The normalized spacial score (nSPS) is 16.7. The molecule has 2 nitrogen and oxygen atoms in total. The van der Waals surface area contributed by atoms with Gasteiger partial charge in [-0.1, -0.05) is 48.5 Å². The fraction of sp³-hybridized carbons (Fsp3) is 0.250. The van der Waals surface area contributed by atoms with Gasteiger partial charge in [-0.15, -0.1) is 11.8 Å². The molecule has 4 rings (SSSR count). The van der Waals surface area contributed by atoms with Crippen LogP contribution in [0.2, 0.25) is 0 Å². The van der Waals surface area contributed by atoms with Crippen LogP contribution in [0.3, 0.4) is 0 Å². The molecule has 0 spiro atoms. The van der Waals surface area contributed by atoms with Crippen molar-refractivity contribution in [1.29, 1.82) is 0 Å². The quantitative estimate of drug-likeness (QED) is 0.541. The Morgan fingerprint density at radius 3 is 2.52 bits per heavy atom. The van der Waals surface area contributed by atoms with Crippen molar-refractivity contribution in [3.8, 4) is 5.75 Å². The molecule has 0 fully saturated rings. The molecular weight excluding hydrogens is 350 g/mol. The van der Waals surface area contributed by atoms with Crippen LogP contribution in [-0.2, 0) is 13.2 Å². The third kappa shape index (κ3) is 4.20. The Kier molecular flexibility index (Phi) is 5.51. The van der Waals surface area contributed by atoms with E-state index in [0.29, 0.717) is 12.5 Å². The fourth-order valence-electron chi connectivity index (χ4n) is 3.78. The smallest absolute Gasteiger partial charge is 0.120 e. The van der Waals surface area contributed by atoms with Gasteiger partial charge in [0, 0.05) is 23.9 Å². The fourth-order valence-corrected chi connectivity index (χ4v) is 4.18. The molecule has 1 aliphatic heterocycles. The van der Waals surface area contributed by atoms with Gasteiger partial charge in [-0.2, -0.15) is 0 Å². The lowest BCUT2D eigenvalue weighted by Gasteiger charge is -2.33. The van der Waals surface area contributed by atoms with E-state index in [1.807, 2.05) is 18.2 Å². The van der Waals surface area contributed by atoms with Gasteiger partial charge in [0.15, 0.2) is 0 Å². The van der Waals surface area contributed by atoms with Gasteiger partial charge in [0.05, 0.1) is 0 Å². The molecule has 0 N–H and O–H groups in total. The Morgan fingerprint density at radius 2 is 1.78 bits per heavy atom. The van der Waals surface area contributed by atoms with Crippen LogP contribution in [0.15, 0.2) is 77.7 Å². The zero-order valence-corrected chi connectivity index (χ0v) is 16.7. The van der Waals surface area contributed by atoms with Gasteiger partial charge in [0.25, 0.3) is 0 Å². The van der Waals surface area contributed by atoms with E-state index in [1.54, 1.807) is 11.8 Å². The minimum Gasteiger partial charge on any atom is -0.489 e. The zero-order valence-electron chi connectivity index (χ0n) is 15.9. The summed E-state index contributed by atoms with van der Waals surface area (Å²) in [5.41, 5.74) is 5.38. The van der Waals surface area contributed by atoms with Crippen LogP contribution >= 0.6 is 11.8 Å². The summed E-state index contributed by atoms with van der Waals surface area (Å²) in [7, 11) is 2.20. The SMILES string of the molecule is CSc1ccc([C@@H]2CN(C)Cc3cc(OCc4ccccc4)ccc32)cc1. The minimum absolute atomic E-state index is 0.415. The van der Waals surface area contributed by atoms with Crippen LogP contribution in [0.5, 0.6) is 5.75 Å². The predicted octanol–water partition coefficient (Wildman–Crippen LogP) is 5.56. The van der Waals surface area contributed by atoms with Gasteiger partial charge in [0.1, 0.15) is 12.4 Å². The number of fused-ring (bicyclic) bond motifs is 1. The molecule has 1 heterocycles. The highest BCUT2D eigenvalue weighted by molar-refractivity contribution is 7.98. The van der Waals surface area contributed by atoms with Gasteiger partial charge >= 0.3 is 0 Å². The lowest BCUT2D eigenvalue weighted by Crippen LogP contribution is -2.31. The number of rotatable bonds is 5. The Morgan fingerprint density at radius 1 is 1.00 bits per heavy atom. The van der Waals surface area contributed by atoms with Crippen molar-refractivity contribution in [2.75, 3.05) is 19.8 Å². The van der Waals surface area contributed by atoms with Crippen molar-refractivity contribution in [2.24, 2.45) is 0 Å². The lowest BCUT2D eigenvalue weighted by molar-refractivity contribution is 0.287. The number of likely N-dealkylation sites (N-methyl/N-ethyl adjacent to an activating group) is 1. The summed E-state index contributed by atoms with van der Waals surface area (Å²) in [5.74, 6) is 1.36. The maximum absolute atomic E-state index is 6.04. The van der Waals surface area contributed by atoms with E-state index in [2.05, 4.69) is 72.8 Å². The molecule has 0 bridgehead atoms. The van der Waals surface area contributed by atoms with E-state index >= 15 is 0 Å². The van der Waals surface area contributed by atoms with E-state index in [0.717, 1.165) is 18.8 Å². The highest BCUT2D eigenvalue weighted by Crippen LogP contribution is 2.35. The van der Waals surface area contributed by atoms with Crippen LogP contribution in [0.1, 0.15) is 28.2 Å². The molecule has 138 valence electrons. The molecule has 0 amide bonds.